The van der Waals surface area contributed by atoms with Gasteiger partial charge in [0.1, 0.15) is 0 Å². The van der Waals surface area contributed by atoms with Gasteiger partial charge in [-0.3, -0.25) is 4.79 Å². The number of rotatable bonds is 11. The topological polar surface area (TPSA) is 76.0 Å². The summed E-state index contributed by atoms with van der Waals surface area (Å²) in [5.41, 5.74) is 2.45. The molecule has 0 saturated heterocycles. The van der Waals surface area contributed by atoms with E-state index < -0.39 is 5.97 Å². The third-order valence-electron chi connectivity index (χ3n) is 4.88. The van der Waals surface area contributed by atoms with Crippen molar-refractivity contribution < 1.29 is 28.5 Å². The molecule has 1 aromatic heterocycles. The molecule has 1 atom stereocenters. The molecule has 0 bridgehead atoms. The van der Waals surface area contributed by atoms with Gasteiger partial charge in [0, 0.05) is 24.1 Å². The van der Waals surface area contributed by atoms with Crippen LogP contribution in [0.5, 0.6) is 11.5 Å². The van der Waals surface area contributed by atoms with E-state index in [-0.39, 0.29) is 29.0 Å². The fraction of sp³-hybridized carbons (Fsp3) is 0.478. The maximum Gasteiger partial charge on any atom is 0.338 e. The van der Waals surface area contributed by atoms with Gasteiger partial charge in [-0.05, 0) is 45.4 Å². The van der Waals surface area contributed by atoms with Crippen LogP contribution in [0.4, 0.5) is 0 Å². The van der Waals surface area contributed by atoms with Crippen LogP contribution in [-0.4, -0.2) is 50.4 Å². The molecule has 0 N–H and O–H groups in total. The number of ether oxygens (including phenoxy) is 4. The van der Waals surface area contributed by atoms with Crippen molar-refractivity contribution >= 4 is 23.4 Å². The Kier molecular flexibility index (Phi) is 8.95. The molecule has 2 aromatic rings. The van der Waals surface area contributed by atoms with Crippen molar-refractivity contribution in [2.24, 2.45) is 0 Å². The normalized spacial score (nSPS) is 11.8. The SMILES string of the molecule is CCCOc1c(Cl)cc(C(=O)OCC(=O)c2cc(C)n(C(C)COC)c2C)cc1OC. The molecule has 0 amide bonds. The van der Waals surface area contributed by atoms with Gasteiger partial charge in [-0.15, -0.1) is 0 Å². The fourth-order valence-corrected chi connectivity index (χ4v) is 3.79. The van der Waals surface area contributed by atoms with E-state index in [0.29, 0.717) is 30.3 Å². The lowest BCUT2D eigenvalue weighted by Gasteiger charge is -2.17. The molecule has 0 aliphatic carbocycles. The van der Waals surface area contributed by atoms with Crippen molar-refractivity contribution in [3.05, 3.63) is 45.7 Å². The Hall–Kier alpha value is -2.51. The number of esters is 1. The standard InChI is InChI=1S/C23H30ClNO6/c1-7-8-30-22-19(24)10-17(11-21(22)29-6)23(27)31-13-20(26)18-9-14(2)25(16(18)4)15(3)12-28-5/h9-11,15H,7-8,12-13H2,1-6H3. The lowest BCUT2D eigenvalue weighted by Crippen LogP contribution is -2.17. The van der Waals surface area contributed by atoms with Crippen LogP contribution >= 0.6 is 11.6 Å². The molecule has 1 aromatic carbocycles. The van der Waals surface area contributed by atoms with Crippen LogP contribution in [0, 0.1) is 13.8 Å². The summed E-state index contributed by atoms with van der Waals surface area (Å²) in [5.74, 6) is -0.249. The summed E-state index contributed by atoms with van der Waals surface area (Å²) in [7, 11) is 3.10. The van der Waals surface area contributed by atoms with Gasteiger partial charge in [-0.2, -0.15) is 0 Å². The van der Waals surface area contributed by atoms with E-state index in [1.54, 1.807) is 13.2 Å². The Labute approximate surface area is 188 Å². The van der Waals surface area contributed by atoms with Crippen LogP contribution in [-0.2, 0) is 9.47 Å². The molecule has 31 heavy (non-hydrogen) atoms. The Balaban J connectivity index is 2.13. The Bertz CT molecular complexity index is 937. The van der Waals surface area contributed by atoms with E-state index in [2.05, 4.69) is 0 Å². The summed E-state index contributed by atoms with van der Waals surface area (Å²) in [6.07, 6.45) is 0.802. The number of aryl methyl sites for hydroxylation is 1. The predicted octanol–water partition coefficient (Wildman–Crippen LogP) is 4.80. The Morgan fingerprint density at radius 3 is 2.48 bits per heavy atom. The summed E-state index contributed by atoms with van der Waals surface area (Å²) in [4.78, 5) is 25.2. The first-order valence-corrected chi connectivity index (χ1v) is 10.5. The minimum atomic E-state index is -0.669. The quantitative estimate of drug-likeness (QED) is 0.360. The number of nitrogens with zero attached hydrogens (tertiary/aromatic N) is 1. The monoisotopic (exact) mass is 451 g/mol. The maximum atomic E-state index is 12.7. The van der Waals surface area contributed by atoms with Crippen LogP contribution in [0.3, 0.4) is 0 Å². The number of benzene rings is 1. The number of hydrogen-bond acceptors (Lipinski definition) is 6. The number of aromatic nitrogens is 1. The number of hydrogen-bond donors (Lipinski definition) is 0. The van der Waals surface area contributed by atoms with E-state index in [1.807, 2.05) is 32.3 Å². The zero-order valence-corrected chi connectivity index (χ0v) is 19.7. The number of ketones is 1. The minimum absolute atomic E-state index is 0.0807. The van der Waals surface area contributed by atoms with Crippen molar-refractivity contribution in [1.29, 1.82) is 0 Å². The van der Waals surface area contributed by atoms with Gasteiger partial charge in [-0.25, -0.2) is 4.79 Å². The average molecular weight is 452 g/mol. The van der Waals surface area contributed by atoms with Gasteiger partial charge in [0.25, 0.3) is 0 Å². The summed E-state index contributed by atoms with van der Waals surface area (Å²) >= 11 is 6.26. The molecule has 0 fully saturated rings. The second kappa shape index (κ2) is 11.2. The lowest BCUT2D eigenvalue weighted by atomic mass is 10.1. The van der Waals surface area contributed by atoms with Crippen LogP contribution < -0.4 is 9.47 Å². The largest absolute Gasteiger partial charge is 0.493 e. The average Bonchev–Trinajstić information content (AvgIpc) is 3.04. The van der Waals surface area contributed by atoms with E-state index in [4.69, 9.17) is 30.5 Å². The maximum absolute atomic E-state index is 12.7. The lowest BCUT2D eigenvalue weighted by molar-refractivity contribution is 0.0474. The molecular weight excluding hydrogens is 422 g/mol. The fourth-order valence-electron chi connectivity index (χ4n) is 3.53. The second-order valence-corrected chi connectivity index (χ2v) is 7.70. The molecule has 0 aliphatic heterocycles. The van der Waals surface area contributed by atoms with Gasteiger partial charge in [-0.1, -0.05) is 18.5 Å². The predicted molar refractivity (Wildman–Crippen MR) is 119 cm³/mol. The van der Waals surface area contributed by atoms with Gasteiger partial charge >= 0.3 is 5.97 Å². The number of carbonyl (C=O) groups is 2. The third-order valence-corrected chi connectivity index (χ3v) is 5.16. The number of halogens is 1. The van der Waals surface area contributed by atoms with Gasteiger partial charge in [0.2, 0.25) is 5.78 Å². The highest BCUT2D eigenvalue weighted by molar-refractivity contribution is 6.32. The first-order valence-electron chi connectivity index (χ1n) is 10.1. The molecule has 1 unspecified atom stereocenters. The van der Waals surface area contributed by atoms with E-state index in [1.165, 1.54) is 19.2 Å². The molecule has 0 aliphatic rings. The van der Waals surface area contributed by atoms with Gasteiger partial charge < -0.3 is 23.5 Å². The minimum Gasteiger partial charge on any atom is -0.493 e. The molecule has 0 spiro atoms. The highest BCUT2D eigenvalue weighted by atomic mass is 35.5. The Morgan fingerprint density at radius 1 is 1.16 bits per heavy atom. The van der Waals surface area contributed by atoms with Crippen molar-refractivity contribution in [2.45, 2.75) is 40.2 Å². The highest BCUT2D eigenvalue weighted by Gasteiger charge is 2.21. The molecular formula is C23H30ClNO6. The summed E-state index contributed by atoms with van der Waals surface area (Å²) in [5, 5.41) is 0.238. The third kappa shape index (κ3) is 5.80. The van der Waals surface area contributed by atoms with Crippen molar-refractivity contribution in [3.8, 4) is 11.5 Å². The molecule has 170 valence electrons. The molecule has 1 heterocycles. The zero-order valence-electron chi connectivity index (χ0n) is 18.9. The molecule has 2 rings (SSSR count). The van der Waals surface area contributed by atoms with Gasteiger partial charge in [0.05, 0.1) is 37.0 Å². The molecule has 0 radical (unpaired) electrons. The molecule has 0 saturated carbocycles. The number of methoxy groups -OCH3 is 2. The van der Waals surface area contributed by atoms with E-state index >= 15 is 0 Å². The first kappa shape index (κ1) is 24.8. The number of Topliss-reactive ketones (excluding diaryl/α,β-unsaturated/α-hetero) is 1. The number of carbonyl (C=O) groups excluding carboxylic acids is 2. The van der Waals surface area contributed by atoms with E-state index in [9.17, 15) is 9.59 Å². The van der Waals surface area contributed by atoms with Crippen molar-refractivity contribution in [3.63, 3.8) is 0 Å². The highest BCUT2D eigenvalue weighted by Crippen LogP contribution is 2.36. The van der Waals surface area contributed by atoms with Crippen LogP contribution in [0.1, 0.15) is 58.4 Å². The summed E-state index contributed by atoms with van der Waals surface area (Å²) in [6.45, 7) is 8.40. The summed E-state index contributed by atoms with van der Waals surface area (Å²) in [6, 6.07) is 4.82. The summed E-state index contributed by atoms with van der Waals surface area (Å²) < 4.78 is 23.4. The Morgan fingerprint density at radius 2 is 1.87 bits per heavy atom. The van der Waals surface area contributed by atoms with Crippen LogP contribution in [0.25, 0.3) is 0 Å². The smallest absolute Gasteiger partial charge is 0.338 e. The second-order valence-electron chi connectivity index (χ2n) is 7.30. The molecule has 8 heteroatoms. The van der Waals surface area contributed by atoms with Crippen LogP contribution in [0.2, 0.25) is 5.02 Å². The van der Waals surface area contributed by atoms with Crippen molar-refractivity contribution in [1.82, 2.24) is 4.57 Å². The van der Waals surface area contributed by atoms with Crippen molar-refractivity contribution in [2.75, 3.05) is 34.0 Å². The zero-order chi connectivity index (χ0) is 23.1. The first-order chi connectivity index (χ1) is 14.7. The molecule has 7 nitrogen and oxygen atoms in total. The van der Waals surface area contributed by atoms with Gasteiger partial charge in [0.15, 0.2) is 18.1 Å². The van der Waals surface area contributed by atoms with Crippen LogP contribution in [0.15, 0.2) is 18.2 Å². The van der Waals surface area contributed by atoms with E-state index in [0.717, 1.165) is 17.8 Å².